The standard InChI is InChI=1S/C15H16N4O3S/c1-11(20)12-4-2-5-14(8-12)23(21,22)19-9-13(10-19)17-15-6-3-7-16-18-15/h2-8,13H,9-10H2,1H3,(H,17,18). The van der Waals surface area contributed by atoms with Crippen molar-refractivity contribution < 1.29 is 13.2 Å². The van der Waals surface area contributed by atoms with Crippen molar-refractivity contribution in [2.45, 2.75) is 17.9 Å². The first-order chi connectivity index (χ1) is 11.0. The molecule has 2 aromatic rings. The Morgan fingerprint density at radius 3 is 2.70 bits per heavy atom. The van der Waals surface area contributed by atoms with E-state index in [2.05, 4.69) is 15.5 Å². The maximum atomic E-state index is 12.5. The van der Waals surface area contributed by atoms with E-state index in [1.165, 1.54) is 23.4 Å². The fourth-order valence-corrected chi connectivity index (χ4v) is 3.91. The first-order valence-corrected chi connectivity index (χ1v) is 8.56. The maximum Gasteiger partial charge on any atom is 0.243 e. The average molecular weight is 332 g/mol. The van der Waals surface area contributed by atoms with Crippen molar-refractivity contribution >= 4 is 21.6 Å². The molecule has 0 aliphatic carbocycles. The van der Waals surface area contributed by atoms with Gasteiger partial charge in [-0.15, -0.1) is 5.10 Å². The molecule has 0 amide bonds. The molecule has 1 aromatic heterocycles. The first-order valence-electron chi connectivity index (χ1n) is 7.12. The maximum absolute atomic E-state index is 12.5. The highest BCUT2D eigenvalue weighted by atomic mass is 32.2. The summed E-state index contributed by atoms with van der Waals surface area (Å²) >= 11 is 0. The Bertz CT molecular complexity index is 818. The lowest BCUT2D eigenvalue weighted by atomic mass is 10.2. The number of benzene rings is 1. The van der Waals surface area contributed by atoms with Crippen LogP contribution in [-0.2, 0) is 10.0 Å². The van der Waals surface area contributed by atoms with E-state index in [0.717, 1.165) is 0 Å². The van der Waals surface area contributed by atoms with Gasteiger partial charge < -0.3 is 5.32 Å². The number of hydrogen-bond donors (Lipinski definition) is 1. The summed E-state index contributed by atoms with van der Waals surface area (Å²) in [6.07, 6.45) is 1.57. The van der Waals surface area contributed by atoms with E-state index in [0.29, 0.717) is 24.5 Å². The van der Waals surface area contributed by atoms with E-state index >= 15 is 0 Å². The summed E-state index contributed by atoms with van der Waals surface area (Å²) in [6, 6.07) is 9.65. The molecule has 3 rings (SSSR count). The molecule has 8 heteroatoms. The molecule has 0 atom stereocenters. The molecule has 0 unspecified atom stereocenters. The van der Waals surface area contributed by atoms with Crippen LogP contribution in [0.25, 0.3) is 0 Å². The predicted octanol–water partition coefficient (Wildman–Crippen LogP) is 1.16. The summed E-state index contributed by atoms with van der Waals surface area (Å²) in [5.74, 6) is 0.459. The molecule has 1 aromatic carbocycles. The lowest BCUT2D eigenvalue weighted by Gasteiger charge is -2.38. The first kappa shape index (κ1) is 15.6. The van der Waals surface area contributed by atoms with Crippen molar-refractivity contribution in [1.29, 1.82) is 0 Å². The van der Waals surface area contributed by atoms with Crippen LogP contribution in [0, 0.1) is 0 Å². The number of aromatic nitrogens is 2. The van der Waals surface area contributed by atoms with E-state index in [9.17, 15) is 13.2 Å². The van der Waals surface area contributed by atoms with Gasteiger partial charge in [0.1, 0.15) is 5.82 Å². The summed E-state index contributed by atoms with van der Waals surface area (Å²) in [6.45, 7) is 2.11. The normalized spacial score (nSPS) is 15.9. The van der Waals surface area contributed by atoms with Crippen LogP contribution in [0.1, 0.15) is 17.3 Å². The van der Waals surface area contributed by atoms with Crippen LogP contribution < -0.4 is 5.32 Å². The Hall–Kier alpha value is -2.32. The number of carbonyl (C=O) groups is 1. The quantitative estimate of drug-likeness (QED) is 0.826. The minimum Gasteiger partial charge on any atom is -0.363 e. The van der Waals surface area contributed by atoms with Gasteiger partial charge in [0.2, 0.25) is 10.0 Å². The Kier molecular flexibility index (Phi) is 4.10. The third-order valence-corrected chi connectivity index (χ3v) is 5.48. The van der Waals surface area contributed by atoms with Gasteiger partial charge >= 0.3 is 0 Å². The third-order valence-electron chi connectivity index (χ3n) is 3.65. The molecule has 0 spiro atoms. The third kappa shape index (κ3) is 3.22. The van der Waals surface area contributed by atoms with Gasteiger partial charge in [-0.1, -0.05) is 12.1 Å². The lowest BCUT2D eigenvalue weighted by molar-refractivity contribution is 0.101. The summed E-state index contributed by atoms with van der Waals surface area (Å²) in [5, 5.41) is 10.8. The van der Waals surface area contributed by atoms with Crippen molar-refractivity contribution in [1.82, 2.24) is 14.5 Å². The Morgan fingerprint density at radius 2 is 2.04 bits per heavy atom. The molecule has 1 aliphatic rings. The number of nitrogens with zero attached hydrogens (tertiary/aromatic N) is 3. The molecule has 1 fully saturated rings. The van der Waals surface area contributed by atoms with E-state index in [-0.39, 0.29) is 16.7 Å². The van der Waals surface area contributed by atoms with Crippen LogP contribution in [0.3, 0.4) is 0 Å². The summed E-state index contributed by atoms with van der Waals surface area (Å²) in [5.41, 5.74) is 0.390. The van der Waals surface area contributed by atoms with Crippen LogP contribution in [0.5, 0.6) is 0 Å². The van der Waals surface area contributed by atoms with Gasteiger partial charge in [-0.3, -0.25) is 4.79 Å². The molecule has 7 nitrogen and oxygen atoms in total. The SMILES string of the molecule is CC(=O)c1cccc(S(=O)(=O)N2CC(Nc3cccnn3)C2)c1. The van der Waals surface area contributed by atoms with Crippen LogP contribution in [0.15, 0.2) is 47.5 Å². The molecular weight excluding hydrogens is 316 g/mol. The van der Waals surface area contributed by atoms with Crippen molar-refractivity contribution in [3.05, 3.63) is 48.2 Å². The zero-order valence-electron chi connectivity index (χ0n) is 12.5. The fraction of sp³-hybridized carbons (Fsp3) is 0.267. The summed E-state index contributed by atoms with van der Waals surface area (Å²) < 4.78 is 26.5. The van der Waals surface area contributed by atoms with Gasteiger partial charge in [0, 0.05) is 24.8 Å². The number of nitrogens with one attached hydrogen (secondary N) is 1. The van der Waals surface area contributed by atoms with Gasteiger partial charge in [-0.25, -0.2) is 8.42 Å². The predicted molar refractivity (Wildman–Crippen MR) is 84.6 cm³/mol. The summed E-state index contributed by atoms with van der Waals surface area (Å²) in [7, 11) is -3.58. The average Bonchev–Trinajstić information content (AvgIpc) is 2.51. The molecule has 2 heterocycles. The molecule has 1 aliphatic heterocycles. The van der Waals surface area contributed by atoms with E-state index in [4.69, 9.17) is 0 Å². The van der Waals surface area contributed by atoms with Crippen LogP contribution in [0.4, 0.5) is 5.82 Å². The van der Waals surface area contributed by atoms with Crippen molar-refractivity contribution in [2.24, 2.45) is 0 Å². The van der Waals surface area contributed by atoms with Gasteiger partial charge in [0.15, 0.2) is 5.78 Å². The largest absolute Gasteiger partial charge is 0.363 e. The highest BCUT2D eigenvalue weighted by Gasteiger charge is 2.37. The molecule has 0 radical (unpaired) electrons. The van der Waals surface area contributed by atoms with Gasteiger partial charge in [0.05, 0.1) is 10.9 Å². The minimum absolute atomic E-state index is 0.00235. The van der Waals surface area contributed by atoms with Crippen molar-refractivity contribution in [2.75, 3.05) is 18.4 Å². The number of ketones is 1. The molecule has 1 N–H and O–H groups in total. The second-order valence-electron chi connectivity index (χ2n) is 5.36. The number of carbonyl (C=O) groups excluding carboxylic acids is 1. The topological polar surface area (TPSA) is 92.3 Å². The van der Waals surface area contributed by atoms with Crippen molar-refractivity contribution in [3.8, 4) is 0 Å². The van der Waals surface area contributed by atoms with Gasteiger partial charge in [-0.05, 0) is 31.2 Å². The number of hydrogen-bond acceptors (Lipinski definition) is 6. The highest BCUT2D eigenvalue weighted by molar-refractivity contribution is 7.89. The Labute approximate surface area is 134 Å². The van der Waals surface area contributed by atoms with Crippen LogP contribution >= 0.6 is 0 Å². The molecule has 23 heavy (non-hydrogen) atoms. The number of anilines is 1. The van der Waals surface area contributed by atoms with Crippen LogP contribution in [0.2, 0.25) is 0 Å². The minimum atomic E-state index is -3.58. The molecule has 0 saturated carbocycles. The van der Waals surface area contributed by atoms with Crippen LogP contribution in [-0.4, -0.2) is 47.8 Å². The lowest BCUT2D eigenvalue weighted by Crippen LogP contribution is -2.56. The van der Waals surface area contributed by atoms with Gasteiger partial charge in [0.25, 0.3) is 0 Å². The molecule has 0 bridgehead atoms. The Morgan fingerprint density at radius 1 is 1.26 bits per heavy atom. The molecular formula is C15H16N4O3S. The van der Waals surface area contributed by atoms with E-state index < -0.39 is 10.0 Å². The monoisotopic (exact) mass is 332 g/mol. The fourth-order valence-electron chi connectivity index (χ4n) is 2.34. The van der Waals surface area contributed by atoms with E-state index in [1.54, 1.807) is 30.5 Å². The second-order valence-corrected chi connectivity index (χ2v) is 7.29. The highest BCUT2D eigenvalue weighted by Crippen LogP contribution is 2.23. The zero-order chi connectivity index (χ0) is 16.4. The summed E-state index contributed by atoms with van der Waals surface area (Å²) in [4.78, 5) is 11.5. The number of Topliss-reactive ketones (excluding diaryl/α,β-unsaturated/α-hetero) is 1. The van der Waals surface area contributed by atoms with E-state index in [1.807, 2.05) is 0 Å². The number of rotatable bonds is 5. The number of sulfonamides is 1. The smallest absolute Gasteiger partial charge is 0.243 e. The Balaban J connectivity index is 1.68. The molecule has 120 valence electrons. The second kappa shape index (κ2) is 6.05. The van der Waals surface area contributed by atoms with Gasteiger partial charge in [-0.2, -0.15) is 9.40 Å². The zero-order valence-corrected chi connectivity index (χ0v) is 13.3. The van der Waals surface area contributed by atoms with Crippen molar-refractivity contribution in [3.63, 3.8) is 0 Å². The molecule has 1 saturated heterocycles.